The van der Waals surface area contributed by atoms with Gasteiger partial charge in [-0.3, -0.25) is 0 Å². The van der Waals surface area contributed by atoms with Crippen molar-refractivity contribution < 1.29 is 4.43 Å². The summed E-state index contributed by atoms with van der Waals surface area (Å²) < 4.78 is 6.90. The highest BCUT2D eigenvalue weighted by molar-refractivity contribution is 6.99. The first-order valence-electron chi connectivity index (χ1n) is 12.8. The van der Waals surface area contributed by atoms with Gasteiger partial charge in [0.15, 0.2) is 0 Å². The molecule has 0 saturated heterocycles. The summed E-state index contributed by atoms with van der Waals surface area (Å²) in [6.07, 6.45) is 3.51. The number of aryl methyl sites for hydroxylation is 6. The molecular formula is C33H44OSi. The van der Waals surface area contributed by atoms with E-state index in [1.807, 2.05) is 7.11 Å². The number of benzene rings is 3. The second-order valence-corrected chi connectivity index (χ2v) is 15.0. The molecule has 0 N–H and O–H groups in total. The molecule has 3 aromatic rings. The highest BCUT2D eigenvalue weighted by atomic mass is 28.4. The van der Waals surface area contributed by atoms with Gasteiger partial charge in [0.1, 0.15) is 0 Å². The molecule has 0 fully saturated rings. The van der Waals surface area contributed by atoms with Crippen LogP contribution in [0.4, 0.5) is 0 Å². The lowest BCUT2D eigenvalue weighted by Gasteiger charge is -2.37. The molecule has 35 heavy (non-hydrogen) atoms. The van der Waals surface area contributed by atoms with E-state index in [1.54, 1.807) is 0 Å². The summed E-state index contributed by atoms with van der Waals surface area (Å²) in [6.45, 7) is 20.4. The summed E-state index contributed by atoms with van der Waals surface area (Å²) in [5.41, 5.74) is 10.9. The Morgan fingerprint density at radius 1 is 0.743 bits per heavy atom. The van der Waals surface area contributed by atoms with Crippen molar-refractivity contribution in [2.24, 2.45) is 5.41 Å². The zero-order chi connectivity index (χ0) is 26.0. The number of rotatable bonds is 7. The topological polar surface area (TPSA) is 9.23 Å². The van der Waals surface area contributed by atoms with Crippen molar-refractivity contribution in [1.29, 1.82) is 0 Å². The third-order valence-electron chi connectivity index (χ3n) is 7.06. The van der Waals surface area contributed by atoms with Crippen LogP contribution in [-0.2, 0) is 4.43 Å². The van der Waals surface area contributed by atoms with Crippen LogP contribution in [-0.4, -0.2) is 15.4 Å². The van der Waals surface area contributed by atoms with E-state index in [4.69, 9.17) is 4.43 Å². The molecule has 186 valence electrons. The SMILES string of the molecule is CO[Si](C/C(=C/CC(C)(C)C)c1ccccc1)(c1c(C)cc(C)cc1C)c1c(C)cc(C)cc1C. The van der Waals surface area contributed by atoms with E-state index in [0.717, 1.165) is 12.5 Å². The Bertz CT molecular complexity index is 1110. The molecule has 3 aromatic carbocycles. The zero-order valence-electron chi connectivity index (χ0n) is 23.6. The summed E-state index contributed by atoms with van der Waals surface area (Å²) >= 11 is 0. The minimum Gasteiger partial charge on any atom is -0.411 e. The molecule has 2 heteroatoms. The van der Waals surface area contributed by atoms with Crippen LogP contribution in [0.1, 0.15) is 66.1 Å². The molecule has 0 radical (unpaired) electrons. The molecule has 0 atom stereocenters. The molecule has 0 aliphatic carbocycles. The molecule has 0 spiro atoms. The third-order valence-corrected chi connectivity index (χ3v) is 11.8. The molecule has 0 heterocycles. The van der Waals surface area contributed by atoms with Gasteiger partial charge in [0.05, 0.1) is 0 Å². The largest absolute Gasteiger partial charge is 0.411 e. The van der Waals surface area contributed by atoms with E-state index in [-0.39, 0.29) is 5.41 Å². The molecule has 0 unspecified atom stereocenters. The fourth-order valence-electron chi connectivity index (χ4n) is 5.85. The van der Waals surface area contributed by atoms with Crippen molar-refractivity contribution in [2.45, 2.75) is 74.8 Å². The zero-order valence-corrected chi connectivity index (χ0v) is 24.6. The third kappa shape index (κ3) is 6.05. The first kappa shape index (κ1) is 27.2. The Hall–Kier alpha value is -2.42. The smallest absolute Gasteiger partial charge is 0.260 e. The fourth-order valence-corrected chi connectivity index (χ4v) is 10.7. The predicted molar refractivity (Wildman–Crippen MR) is 157 cm³/mol. The normalized spacial score (nSPS) is 12.8. The van der Waals surface area contributed by atoms with Gasteiger partial charge < -0.3 is 4.43 Å². The maximum Gasteiger partial charge on any atom is 0.260 e. The summed E-state index contributed by atoms with van der Waals surface area (Å²) in [5, 5.41) is 2.86. The van der Waals surface area contributed by atoms with E-state index in [2.05, 4.69) is 123 Å². The highest BCUT2D eigenvalue weighted by Crippen LogP contribution is 2.32. The van der Waals surface area contributed by atoms with Crippen LogP contribution < -0.4 is 10.4 Å². The maximum absolute atomic E-state index is 6.90. The van der Waals surface area contributed by atoms with Gasteiger partial charge in [0.25, 0.3) is 8.32 Å². The van der Waals surface area contributed by atoms with Gasteiger partial charge in [-0.2, -0.15) is 0 Å². The van der Waals surface area contributed by atoms with Gasteiger partial charge in [0.2, 0.25) is 0 Å². The van der Waals surface area contributed by atoms with Gasteiger partial charge in [0, 0.05) is 7.11 Å². The maximum atomic E-state index is 6.90. The lowest BCUT2D eigenvalue weighted by Crippen LogP contribution is -2.63. The Balaban J connectivity index is 2.38. The number of hydrogen-bond acceptors (Lipinski definition) is 1. The van der Waals surface area contributed by atoms with Crippen molar-refractivity contribution in [3.8, 4) is 0 Å². The van der Waals surface area contributed by atoms with Crippen LogP contribution in [0.5, 0.6) is 0 Å². The first-order valence-corrected chi connectivity index (χ1v) is 15.0. The summed E-state index contributed by atoms with van der Waals surface area (Å²) in [7, 11) is -0.702. The van der Waals surface area contributed by atoms with Gasteiger partial charge in [-0.15, -0.1) is 0 Å². The molecule has 0 saturated carbocycles. The molecule has 3 rings (SSSR count). The lowest BCUT2D eigenvalue weighted by atomic mass is 9.90. The van der Waals surface area contributed by atoms with Crippen LogP contribution >= 0.6 is 0 Å². The van der Waals surface area contributed by atoms with E-state index in [9.17, 15) is 0 Å². The fraction of sp³-hybridized carbons (Fsp3) is 0.394. The molecule has 0 aliphatic heterocycles. The Labute approximate surface area is 215 Å². The average Bonchev–Trinajstić information content (AvgIpc) is 2.74. The van der Waals surface area contributed by atoms with Crippen LogP contribution in [0.3, 0.4) is 0 Å². The van der Waals surface area contributed by atoms with E-state index < -0.39 is 8.32 Å². The van der Waals surface area contributed by atoms with Crippen molar-refractivity contribution in [3.63, 3.8) is 0 Å². The second-order valence-electron chi connectivity index (χ2n) is 11.6. The van der Waals surface area contributed by atoms with E-state index in [1.165, 1.54) is 54.9 Å². The second kappa shape index (κ2) is 10.7. The van der Waals surface area contributed by atoms with Crippen molar-refractivity contribution in [3.05, 3.63) is 99.6 Å². The molecule has 0 aromatic heterocycles. The Morgan fingerprint density at radius 2 is 1.17 bits per heavy atom. The van der Waals surface area contributed by atoms with Crippen LogP contribution in [0.2, 0.25) is 6.04 Å². The Morgan fingerprint density at radius 3 is 1.54 bits per heavy atom. The van der Waals surface area contributed by atoms with E-state index in [0.29, 0.717) is 0 Å². The average molecular weight is 485 g/mol. The summed E-state index contributed by atoms with van der Waals surface area (Å²) in [6, 6.07) is 21.2. The van der Waals surface area contributed by atoms with Crippen LogP contribution in [0, 0.1) is 47.0 Å². The lowest BCUT2D eigenvalue weighted by molar-refractivity contribution is 0.416. The van der Waals surface area contributed by atoms with Crippen LogP contribution in [0.25, 0.3) is 5.57 Å². The summed E-state index contributed by atoms with van der Waals surface area (Å²) in [4.78, 5) is 0. The predicted octanol–water partition coefficient (Wildman–Crippen LogP) is 7.76. The molecule has 0 bridgehead atoms. The minimum atomic E-state index is -2.66. The molecular weight excluding hydrogens is 440 g/mol. The van der Waals surface area contributed by atoms with Gasteiger partial charge in [-0.1, -0.05) is 92.6 Å². The molecule has 1 nitrogen and oxygen atoms in total. The van der Waals surface area contributed by atoms with Crippen LogP contribution in [0.15, 0.2) is 60.7 Å². The first-order chi connectivity index (χ1) is 16.4. The van der Waals surface area contributed by atoms with Crippen molar-refractivity contribution in [2.75, 3.05) is 7.11 Å². The van der Waals surface area contributed by atoms with Crippen molar-refractivity contribution in [1.82, 2.24) is 0 Å². The van der Waals surface area contributed by atoms with Gasteiger partial charge in [-0.05, 0) is 103 Å². The standard InChI is InChI=1S/C33H44OSi/c1-23-18-25(3)31(26(4)19-23)35(34-10,32-27(5)20-24(2)21-28(32)6)22-30(16-17-33(7,8)9)29-14-12-11-13-15-29/h11-16,18-21H,17,22H2,1-10H3/b30-16-. The van der Waals surface area contributed by atoms with Crippen molar-refractivity contribution >= 4 is 24.3 Å². The number of allylic oxidation sites excluding steroid dienone is 2. The Kier molecular flexibility index (Phi) is 8.29. The molecule has 0 aliphatic rings. The van der Waals surface area contributed by atoms with E-state index >= 15 is 0 Å². The monoisotopic (exact) mass is 484 g/mol. The minimum absolute atomic E-state index is 0.225. The van der Waals surface area contributed by atoms with Gasteiger partial charge >= 0.3 is 0 Å². The molecule has 0 amide bonds. The van der Waals surface area contributed by atoms with Gasteiger partial charge in [-0.25, -0.2) is 0 Å². The quantitative estimate of drug-likeness (QED) is 0.311. The number of hydrogen-bond donors (Lipinski definition) is 0. The summed E-state index contributed by atoms with van der Waals surface area (Å²) in [5.74, 6) is 0. The highest BCUT2D eigenvalue weighted by Gasteiger charge is 2.44.